The maximum Gasteiger partial charge on any atom is 0.119 e. The summed E-state index contributed by atoms with van der Waals surface area (Å²) in [4.78, 5) is 8.59. The third-order valence-electron chi connectivity index (χ3n) is 5.62. The Labute approximate surface area is 237 Å². The molecule has 1 heterocycles. The Kier molecular flexibility index (Phi) is 18.2. The second kappa shape index (κ2) is 21.3. The summed E-state index contributed by atoms with van der Waals surface area (Å²) in [6, 6.07) is 14.7. The molecule has 1 aliphatic rings. The van der Waals surface area contributed by atoms with Gasteiger partial charge in [-0.25, -0.2) is 0 Å². The number of fused-ring (bicyclic) bond motifs is 1. The average molecular weight is 529 g/mol. The second-order valence-electron chi connectivity index (χ2n) is 8.47. The molecule has 2 aromatic rings. The summed E-state index contributed by atoms with van der Waals surface area (Å²) < 4.78 is 11.7. The number of aryl methyl sites for hydroxylation is 1. The third-order valence-corrected chi connectivity index (χ3v) is 5.62. The number of hydrogen-bond donors (Lipinski definition) is 0. The molecule has 0 aliphatic carbocycles. The number of nitrogens with zero attached hydrogens (tertiary/aromatic N) is 2. The van der Waals surface area contributed by atoms with E-state index in [2.05, 4.69) is 72.0 Å². The Morgan fingerprint density at radius 1 is 1.05 bits per heavy atom. The first-order valence-electron chi connectivity index (χ1n) is 14.3. The Bertz CT molecular complexity index is 1120. The molecule has 4 nitrogen and oxygen atoms in total. The van der Waals surface area contributed by atoms with Crippen LogP contribution in [0.5, 0.6) is 5.75 Å². The Morgan fingerprint density at radius 3 is 2.67 bits per heavy atom. The highest BCUT2D eigenvalue weighted by molar-refractivity contribution is 6.09. The number of benzene rings is 2. The van der Waals surface area contributed by atoms with Crippen LogP contribution in [-0.4, -0.2) is 25.6 Å². The first kappa shape index (κ1) is 33.4. The zero-order chi connectivity index (χ0) is 28.7. The highest BCUT2D eigenvalue weighted by Gasteiger charge is 2.04. The average Bonchev–Trinajstić information content (AvgIpc) is 3.22. The molecule has 210 valence electrons. The van der Waals surface area contributed by atoms with Crippen LogP contribution in [0, 0.1) is 0 Å². The summed E-state index contributed by atoms with van der Waals surface area (Å²) in [6.07, 6.45) is 18.6. The Hall–Kier alpha value is -3.66. The lowest BCUT2D eigenvalue weighted by Gasteiger charge is -2.09. The molecule has 0 N–H and O–H groups in total. The molecule has 0 saturated heterocycles. The van der Waals surface area contributed by atoms with E-state index in [0.717, 1.165) is 54.7 Å². The van der Waals surface area contributed by atoms with Gasteiger partial charge in [0.15, 0.2) is 0 Å². The number of aliphatic imine (C=N–C) groups is 2. The quantitative estimate of drug-likeness (QED) is 0.112. The van der Waals surface area contributed by atoms with Crippen LogP contribution in [0.25, 0.3) is 11.6 Å². The van der Waals surface area contributed by atoms with Gasteiger partial charge in [0.05, 0.1) is 19.4 Å². The maximum absolute atomic E-state index is 5.90. The molecule has 2 aromatic carbocycles. The first-order valence-corrected chi connectivity index (χ1v) is 14.3. The summed E-state index contributed by atoms with van der Waals surface area (Å²) >= 11 is 0. The van der Waals surface area contributed by atoms with Gasteiger partial charge in [-0.05, 0) is 85.2 Å². The molecule has 0 radical (unpaired) electrons. The van der Waals surface area contributed by atoms with Gasteiger partial charge in [0.1, 0.15) is 11.5 Å². The van der Waals surface area contributed by atoms with Crippen molar-refractivity contribution in [3.8, 4) is 5.75 Å². The largest absolute Gasteiger partial charge is 0.496 e. The van der Waals surface area contributed by atoms with E-state index in [0.29, 0.717) is 13.2 Å². The van der Waals surface area contributed by atoms with E-state index < -0.39 is 0 Å². The monoisotopic (exact) mass is 528 g/mol. The highest BCUT2D eigenvalue weighted by atomic mass is 16.5. The van der Waals surface area contributed by atoms with Gasteiger partial charge in [0.2, 0.25) is 0 Å². The summed E-state index contributed by atoms with van der Waals surface area (Å²) in [5.74, 6) is 1.68. The minimum absolute atomic E-state index is 0.584. The number of unbranched alkanes of at least 4 members (excludes halogenated alkanes) is 1. The lowest BCUT2D eigenvalue weighted by molar-refractivity contribution is 0.184. The fraction of sp³-hybridized carbons (Fsp3) is 0.371. The third kappa shape index (κ3) is 13.6. The van der Waals surface area contributed by atoms with Crippen molar-refractivity contribution in [3.63, 3.8) is 0 Å². The molecule has 3 rings (SSSR count). The van der Waals surface area contributed by atoms with Crippen molar-refractivity contribution in [3.05, 3.63) is 102 Å². The molecule has 4 heteroatoms. The minimum atomic E-state index is 0.584. The Balaban J connectivity index is 0.00000181. The molecule has 0 saturated carbocycles. The van der Waals surface area contributed by atoms with Crippen LogP contribution in [-0.2, 0) is 17.6 Å². The van der Waals surface area contributed by atoms with Crippen molar-refractivity contribution in [2.24, 2.45) is 9.98 Å². The van der Waals surface area contributed by atoms with Crippen LogP contribution in [0.15, 0.2) is 89.3 Å². The fourth-order valence-corrected chi connectivity index (χ4v) is 3.68. The van der Waals surface area contributed by atoms with Crippen molar-refractivity contribution in [2.45, 2.75) is 73.6 Å². The van der Waals surface area contributed by atoms with E-state index >= 15 is 0 Å². The maximum atomic E-state index is 5.90. The summed E-state index contributed by atoms with van der Waals surface area (Å²) in [5, 5.41) is 0. The normalized spacial score (nSPS) is 12.2. The summed E-state index contributed by atoms with van der Waals surface area (Å²) in [5.41, 5.74) is 5.65. The molecule has 0 atom stereocenters. The molecule has 0 unspecified atom stereocenters. The number of allylic oxidation sites excluding steroid dienone is 4. The molecule has 0 fully saturated rings. The molecule has 39 heavy (non-hydrogen) atoms. The van der Waals surface area contributed by atoms with Gasteiger partial charge in [-0.3, -0.25) is 9.98 Å². The van der Waals surface area contributed by atoms with Gasteiger partial charge in [-0.15, -0.1) is 0 Å². The zero-order valence-electron chi connectivity index (χ0n) is 25.0. The van der Waals surface area contributed by atoms with Gasteiger partial charge >= 0.3 is 0 Å². The molecule has 0 aromatic heterocycles. The van der Waals surface area contributed by atoms with E-state index in [9.17, 15) is 0 Å². The van der Waals surface area contributed by atoms with E-state index in [4.69, 9.17) is 9.47 Å². The van der Waals surface area contributed by atoms with Crippen molar-refractivity contribution in [2.75, 3.05) is 13.2 Å². The first-order chi connectivity index (χ1) is 19.2. The predicted molar refractivity (Wildman–Crippen MR) is 172 cm³/mol. The van der Waals surface area contributed by atoms with E-state index in [-0.39, 0.29) is 0 Å². The summed E-state index contributed by atoms with van der Waals surface area (Å²) in [7, 11) is 0. The Morgan fingerprint density at radius 2 is 1.87 bits per heavy atom. The van der Waals surface area contributed by atoms with Crippen molar-refractivity contribution >= 4 is 24.1 Å². The lowest BCUT2D eigenvalue weighted by Crippen LogP contribution is -2.02. The lowest BCUT2D eigenvalue weighted by atomic mass is 9.99. The standard InChI is InChI=1S/C31H36N2O2.2C2H6/c1-4-5-6-7-10-27-11-8-12-31(21-27)35-20-9-19-34-26(3)24-33-23-25(2)29-14-13-28-15-17-32-18-16-30(28)22-29;2*1-2/h4-5,8,11-14,16-18,21-24H,2,6-7,9-10,15,19-20H2,1,3H3;2*1-2H3/b5-4-,26-24+,33-23?;;. The van der Waals surface area contributed by atoms with E-state index in [1.54, 1.807) is 12.4 Å². The van der Waals surface area contributed by atoms with Gasteiger partial charge < -0.3 is 9.47 Å². The highest BCUT2D eigenvalue weighted by Crippen LogP contribution is 2.20. The fourth-order valence-electron chi connectivity index (χ4n) is 3.68. The van der Waals surface area contributed by atoms with Gasteiger partial charge in [-0.2, -0.15) is 0 Å². The van der Waals surface area contributed by atoms with Crippen LogP contribution in [0.1, 0.15) is 83.1 Å². The van der Waals surface area contributed by atoms with Gasteiger partial charge in [0.25, 0.3) is 0 Å². The van der Waals surface area contributed by atoms with Crippen molar-refractivity contribution < 1.29 is 9.47 Å². The topological polar surface area (TPSA) is 43.2 Å². The molecule has 0 bridgehead atoms. The van der Waals surface area contributed by atoms with Crippen LogP contribution in [0.2, 0.25) is 0 Å². The van der Waals surface area contributed by atoms with Crippen LogP contribution < -0.4 is 4.74 Å². The van der Waals surface area contributed by atoms with Gasteiger partial charge in [0, 0.05) is 31.5 Å². The molecule has 0 spiro atoms. The molecule has 0 amide bonds. The number of ether oxygens (including phenoxy) is 2. The molecular weight excluding hydrogens is 480 g/mol. The number of hydrogen-bond acceptors (Lipinski definition) is 4. The van der Waals surface area contributed by atoms with E-state index in [1.807, 2.05) is 59.2 Å². The van der Waals surface area contributed by atoms with Crippen molar-refractivity contribution in [1.29, 1.82) is 0 Å². The molecule has 1 aliphatic heterocycles. The zero-order valence-corrected chi connectivity index (χ0v) is 25.0. The molecular formula is C35H48N2O2. The SMILES string of the molecule is C=C(C=N/C=C(\C)OCCCOc1cccc(CCC/C=C\C)c1)c1ccc2c(c1)C=CN=CC2.CC.CC. The number of rotatable bonds is 13. The van der Waals surface area contributed by atoms with Gasteiger partial charge in [-0.1, -0.05) is 70.7 Å². The van der Waals surface area contributed by atoms with Crippen LogP contribution >= 0.6 is 0 Å². The smallest absolute Gasteiger partial charge is 0.119 e. The van der Waals surface area contributed by atoms with Crippen LogP contribution in [0.4, 0.5) is 0 Å². The minimum Gasteiger partial charge on any atom is -0.496 e. The van der Waals surface area contributed by atoms with Crippen LogP contribution in [0.3, 0.4) is 0 Å². The summed E-state index contributed by atoms with van der Waals surface area (Å²) in [6.45, 7) is 17.3. The predicted octanol–water partition coefficient (Wildman–Crippen LogP) is 9.67. The second-order valence-corrected chi connectivity index (χ2v) is 8.47. The van der Waals surface area contributed by atoms with Crippen molar-refractivity contribution in [1.82, 2.24) is 0 Å². The van der Waals surface area contributed by atoms with E-state index in [1.165, 1.54) is 16.7 Å².